The summed E-state index contributed by atoms with van der Waals surface area (Å²) in [6.07, 6.45) is 0. The molecule has 0 bridgehead atoms. The number of benzene rings is 2. The minimum atomic E-state index is -0.459. The molecule has 1 aromatic heterocycles. The zero-order valence-corrected chi connectivity index (χ0v) is 15.4. The van der Waals surface area contributed by atoms with Gasteiger partial charge < -0.3 is 14.2 Å². The van der Waals surface area contributed by atoms with Crippen molar-refractivity contribution in [1.82, 2.24) is 10.2 Å². The van der Waals surface area contributed by atoms with Crippen LogP contribution in [0.3, 0.4) is 0 Å². The highest BCUT2D eigenvalue weighted by atomic mass is 32.1. The van der Waals surface area contributed by atoms with Crippen molar-refractivity contribution in [3.05, 3.63) is 58.9 Å². The molecule has 0 radical (unpaired) electrons. The van der Waals surface area contributed by atoms with Gasteiger partial charge in [0.1, 0.15) is 23.7 Å². The summed E-state index contributed by atoms with van der Waals surface area (Å²) in [5.74, 6) is -0.0307. The predicted molar refractivity (Wildman–Crippen MR) is 98.1 cm³/mol. The van der Waals surface area contributed by atoms with Gasteiger partial charge >= 0.3 is 0 Å². The van der Waals surface area contributed by atoms with Crippen molar-refractivity contribution in [3.63, 3.8) is 0 Å². The van der Waals surface area contributed by atoms with E-state index < -0.39 is 11.7 Å². The predicted octanol–water partition coefficient (Wildman–Crippen LogP) is 3.53. The zero-order chi connectivity index (χ0) is 19.2. The SMILES string of the molecule is COc1cccc(OC)c1C(=O)Nc1nnc(COc2ccccc2F)s1. The van der Waals surface area contributed by atoms with Crippen LogP contribution in [-0.2, 0) is 6.61 Å². The van der Waals surface area contributed by atoms with E-state index in [0.717, 1.165) is 11.3 Å². The quantitative estimate of drug-likeness (QED) is 0.666. The van der Waals surface area contributed by atoms with E-state index >= 15 is 0 Å². The average molecular weight is 389 g/mol. The van der Waals surface area contributed by atoms with Crippen molar-refractivity contribution < 1.29 is 23.4 Å². The first-order valence-corrected chi connectivity index (χ1v) is 8.66. The van der Waals surface area contributed by atoms with Gasteiger partial charge in [0.15, 0.2) is 16.6 Å². The molecule has 0 aliphatic carbocycles. The van der Waals surface area contributed by atoms with Crippen molar-refractivity contribution in [1.29, 1.82) is 0 Å². The second kappa shape index (κ2) is 8.45. The third-order valence-corrected chi connectivity index (χ3v) is 4.34. The van der Waals surface area contributed by atoms with Gasteiger partial charge in [-0.05, 0) is 24.3 Å². The summed E-state index contributed by atoms with van der Waals surface area (Å²) in [4.78, 5) is 12.6. The van der Waals surface area contributed by atoms with Gasteiger partial charge in [-0.2, -0.15) is 0 Å². The van der Waals surface area contributed by atoms with Crippen LogP contribution in [0, 0.1) is 5.82 Å². The molecule has 0 unspecified atom stereocenters. The van der Waals surface area contributed by atoms with Crippen LogP contribution >= 0.6 is 11.3 Å². The molecular weight excluding hydrogens is 373 g/mol. The molecule has 0 spiro atoms. The highest BCUT2D eigenvalue weighted by Crippen LogP contribution is 2.29. The Hall–Kier alpha value is -3.20. The number of nitrogens with zero attached hydrogens (tertiary/aromatic N) is 2. The normalized spacial score (nSPS) is 10.3. The van der Waals surface area contributed by atoms with E-state index in [0.29, 0.717) is 16.5 Å². The maximum atomic E-state index is 13.6. The summed E-state index contributed by atoms with van der Waals surface area (Å²) in [6.45, 7) is 0.0342. The molecule has 9 heteroatoms. The number of ether oxygens (including phenoxy) is 3. The molecule has 27 heavy (non-hydrogen) atoms. The van der Waals surface area contributed by atoms with Crippen molar-refractivity contribution in [2.45, 2.75) is 6.61 Å². The molecule has 0 saturated carbocycles. The molecule has 1 amide bonds. The smallest absolute Gasteiger partial charge is 0.265 e. The van der Waals surface area contributed by atoms with Gasteiger partial charge in [-0.3, -0.25) is 10.1 Å². The van der Waals surface area contributed by atoms with Crippen molar-refractivity contribution in [2.75, 3.05) is 19.5 Å². The Kier molecular flexibility index (Phi) is 5.82. The van der Waals surface area contributed by atoms with Crippen LogP contribution in [0.5, 0.6) is 17.2 Å². The molecule has 2 aromatic carbocycles. The van der Waals surface area contributed by atoms with E-state index in [1.807, 2.05) is 0 Å². The van der Waals surface area contributed by atoms with Crippen LogP contribution in [-0.4, -0.2) is 30.3 Å². The van der Waals surface area contributed by atoms with Crippen LogP contribution in [0.1, 0.15) is 15.4 Å². The van der Waals surface area contributed by atoms with Gasteiger partial charge in [-0.1, -0.05) is 29.5 Å². The van der Waals surface area contributed by atoms with E-state index in [2.05, 4.69) is 15.5 Å². The molecule has 7 nitrogen and oxygen atoms in total. The largest absolute Gasteiger partial charge is 0.496 e. The average Bonchev–Trinajstić information content (AvgIpc) is 3.13. The highest BCUT2D eigenvalue weighted by Gasteiger charge is 2.19. The van der Waals surface area contributed by atoms with Gasteiger partial charge in [0.2, 0.25) is 5.13 Å². The Morgan fingerprint density at radius 1 is 1.04 bits per heavy atom. The molecular formula is C18H16FN3O4S. The number of hydrogen-bond donors (Lipinski definition) is 1. The van der Waals surface area contributed by atoms with E-state index in [-0.39, 0.29) is 23.1 Å². The van der Waals surface area contributed by atoms with E-state index in [1.165, 1.54) is 26.4 Å². The van der Waals surface area contributed by atoms with Gasteiger partial charge in [-0.25, -0.2) is 4.39 Å². The van der Waals surface area contributed by atoms with Gasteiger partial charge in [0.05, 0.1) is 14.2 Å². The third-order valence-electron chi connectivity index (χ3n) is 3.53. The standard InChI is InChI=1S/C18H16FN3O4S/c1-24-13-8-5-9-14(25-2)16(13)17(23)20-18-22-21-15(27-18)10-26-12-7-4-3-6-11(12)19/h3-9H,10H2,1-2H3,(H,20,22,23). The number of nitrogens with one attached hydrogen (secondary N) is 1. The Balaban J connectivity index is 1.69. The number of carbonyl (C=O) groups excluding carboxylic acids is 1. The van der Waals surface area contributed by atoms with E-state index in [4.69, 9.17) is 14.2 Å². The fraction of sp³-hybridized carbons (Fsp3) is 0.167. The molecule has 0 fully saturated rings. The molecule has 3 rings (SSSR count). The second-order valence-corrected chi connectivity index (χ2v) is 6.27. The molecule has 0 aliphatic heterocycles. The number of rotatable bonds is 7. The number of para-hydroxylation sites is 1. The van der Waals surface area contributed by atoms with Crippen LogP contribution in [0.25, 0.3) is 0 Å². The lowest BCUT2D eigenvalue weighted by molar-refractivity contribution is 0.102. The summed E-state index contributed by atoms with van der Waals surface area (Å²) >= 11 is 1.12. The fourth-order valence-corrected chi connectivity index (χ4v) is 2.95. The van der Waals surface area contributed by atoms with Gasteiger partial charge in [-0.15, -0.1) is 10.2 Å². The van der Waals surface area contributed by atoms with E-state index in [1.54, 1.807) is 30.3 Å². The van der Waals surface area contributed by atoms with Crippen LogP contribution < -0.4 is 19.5 Å². The second-order valence-electron chi connectivity index (χ2n) is 5.21. The molecule has 0 atom stereocenters. The van der Waals surface area contributed by atoms with Crippen molar-refractivity contribution >= 4 is 22.4 Å². The lowest BCUT2D eigenvalue weighted by atomic mass is 10.1. The summed E-state index contributed by atoms with van der Waals surface area (Å²) < 4.78 is 29.4. The first-order valence-electron chi connectivity index (χ1n) is 7.84. The number of carbonyl (C=O) groups is 1. The van der Waals surface area contributed by atoms with E-state index in [9.17, 15) is 9.18 Å². The summed E-state index contributed by atoms with van der Waals surface area (Å²) in [5, 5.41) is 11.3. The van der Waals surface area contributed by atoms with Crippen LogP contribution in [0.4, 0.5) is 9.52 Å². The Morgan fingerprint density at radius 2 is 1.70 bits per heavy atom. The van der Waals surface area contributed by atoms with Crippen molar-refractivity contribution in [2.24, 2.45) is 0 Å². The molecule has 140 valence electrons. The number of aromatic nitrogens is 2. The molecule has 3 aromatic rings. The number of anilines is 1. The number of halogens is 1. The maximum absolute atomic E-state index is 13.6. The van der Waals surface area contributed by atoms with Gasteiger partial charge in [0, 0.05) is 0 Å². The summed E-state index contributed by atoms with van der Waals surface area (Å²) in [7, 11) is 2.93. The Morgan fingerprint density at radius 3 is 2.37 bits per heavy atom. The number of hydrogen-bond acceptors (Lipinski definition) is 7. The molecule has 0 saturated heterocycles. The molecule has 1 N–H and O–H groups in total. The fourth-order valence-electron chi connectivity index (χ4n) is 2.30. The highest BCUT2D eigenvalue weighted by molar-refractivity contribution is 7.15. The Labute approximate surface area is 158 Å². The first kappa shape index (κ1) is 18.6. The molecule has 1 heterocycles. The maximum Gasteiger partial charge on any atom is 0.265 e. The Bertz CT molecular complexity index is 926. The minimum absolute atomic E-state index is 0.0342. The van der Waals surface area contributed by atoms with Crippen LogP contribution in [0.15, 0.2) is 42.5 Å². The minimum Gasteiger partial charge on any atom is -0.496 e. The lowest BCUT2D eigenvalue weighted by Crippen LogP contribution is -2.14. The number of amides is 1. The van der Waals surface area contributed by atoms with Crippen molar-refractivity contribution in [3.8, 4) is 17.2 Å². The summed E-state index contributed by atoms with van der Waals surface area (Å²) in [6, 6.07) is 11.1. The molecule has 0 aliphatic rings. The lowest BCUT2D eigenvalue weighted by Gasteiger charge is -2.11. The van der Waals surface area contributed by atoms with Crippen LogP contribution in [0.2, 0.25) is 0 Å². The third kappa shape index (κ3) is 4.32. The number of methoxy groups -OCH3 is 2. The first-order chi connectivity index (χ1) is 13.1. The van der Waals surface area contributed by atoms with Gasteiger partial charge in [0.25, 0.3) is 5.91 Å². The zero-order valence-electron chi connectivity index (χ0n) is 14.6. The monoisotopic (exact) mass is 389 g/mol. The summed E-state index contributed by atoms with van der Waals surface area (Å²) in [5.41, 5.74) is 0.252. The topological polar surface area (TPSA) is 82.6 Å².